The normalized spacial score (nSPS) is 13.7. The van der Waals surface area contributed by atoms with E-state index >= 15 is 0 Å². The fraction of sp³-hybridized carbons (Fsp3) is 0.444. The zero-order chi connectivity index (χ0) is 10.3. The summed E-state index contributed by atoms with van der Waals surface area (Å²) in [5.41, 5.74) is 8.22. The van der Waals surface area contributed by atoms with Crippen LogP contribution in [0.25, 0.3) is 4.96 Å². The Kier molecular flexibility index (Phi) is 2.30. The van der Waals surface area contributed by atoms with Crippen LogP contribution < -0.4 is 5.73 Å². The predicted molar refractivity (Wildman–Crippen MR) is 56.6 cm³/mol. The molecule has 5 heteroatoms. The Hall–Kier alpha value is -0.910. The average molecular weight is 211 g/mol. The highest BCUT2D eigenvalue weighted by atomic mass is 32.1. The van der Waals surface area contributed by atoms with Crippen molar-refractivity contribution in [2.75, 3.05) is 6.54 Å². The molecule has 0 aliphatic carbocycles. The minimum Gasteiger partial charge on any atom is -0.385 e. The smallest absolute Gasteiger partial charge is 0.194 e. The Morgan fingerprint density at radius 1 is 1.64 bits per heavy atom. The molecule has 0 saturated heterocycles. The maximum absolute atomic E-state index is 9.76. The first-order valence-electron chi connectivity index (χ1n) is 4.46. The van der Waals surface area contributed by atoms with Gasteiger partial charge in [0.25, 0.3) is 0 Å². The molecule has 0 bridgehead atoms. The van der Waals surface area contributed by atoms with Gasteiger partial charge in [-0.1, -0.05) is 0 Å². The number of thiazole rings is 1. The van der Waals surface area contributed by atoms with Crippen molar-refractivity contribution < 1.29 is 5.11 Å². The molecule has 1 atom stereocenters. The number of nitrogens with zero attached hydrogens (tertiary/aromatic N) is 2. The molecule has 0 radical (unpaired) electrons. The molecule has 0 saturated carbocycles. The van der Waals surface area contributed by atoms with Crippen molar-refractivity contribution in [1.82, 2.24) is 9.38 Å². The van der Waals surface area contributed by atoms with Gasteiger partial charge in [0, 0.05) is 17.6 Å². The van der Waals surface area contributed by atoms with E-state index in [1.54, 1.807) is 11.3 Å². The molecule has 2 rings (SSSR count). The summed E-state index contributed by atoms with van der Waals surface area (Å²) >= 11 is 1.58. The standard InChI is InChI=1S/C9H13N3OS/c1-5-4-14-9-11-6(2)8(12(5)9)7(13)3-10/h4,7,13H,3,10H2,1-2H3. The summed E-state index contributed by atoms with van der Waals surface area (Å²) in [7, 11) is 0. The van der Waals surface area contributed by atoms with Gasteiger partial charge in [0.05, 0.1) is 11.4 Å². The van der Waals surface area contributed by atoms with Crippen molar-refractivity contribution >= 4 is 16.3 Å². The summed E-state index contributed by atoms with van der Waals surface area (Å²) < 4.78 is 1.97. The summed E-state index contributed by atoms with van der Waals surface area (Å²) in [6.45, 7) is 4.12. The summed E-state index contributed by atoms with van der Waals surface area (Å²) in [4.78, 5) is 5.29. The highest BCUT2D eigenvalue weighted by Gasteiger charge is 2.17. The summed E-state index contributed by atoms with van der Waals surface area (Å²) in [5, 5.41) is 11.8. The van der Waals surface area contributed by atoms with E-state index in [1.807, 2.05) is 23.6 Å². The molecule has 0 spiro atoms. The van der Waals surface area contributed by atoms with Gasteiger partial charge in [0.15, 0.2) is 4.96 Å². The van der Waals surface area contributed by atoms with Crippen LogP contribution in [0.2, 0.25) is 0 Å². The quantitative estimate of drug-likeness (QED) is 0.779. The van der Waals surface area contributed by atoms with Gasteiger partial charge in [0.1, 0.15) is 6.10 Å². The monoisotopic (exact) mass is 211 g/mol. The van der Waals surface area contributed by atoms with Gasteiger partial charge in [-0.3, -0.25) is 4.40 Å². The van der Waals surface area contributed by atoms with Crippen molar-refractivity contribution in [2.24, 2.45) is 5.73 Å². The first-order chi connectivity index (χ1) is 6.65. The number of imidazole rings is 1. The van der Waals surface area contributed by atoms with E-state index in [0.717, 1.165) is 22.0 Å². The second-order valence-electron chi connectivity index (χ2n) is 3.33. The lowest BCUT2D eigenvalue weighted by Gasteiger charge is -2.08. The number of aromatic nitrogens is 2. The molecule has 3 N–H and O–H groups in total. The van der Waals surface area contributed by atoms with Crippen LogP contribution in [-0.2, 0) is 0 Å². The number of aliphatic hydroxyl groups excluding tert-OH is 1. The van der Waals surface area contributed by atoms with Crippen LogP contribution in [-0.4, -0.2) is 21.0 Å². The van der Waals surface area contributed by atoms with Gasteiger partial charge < -0.3 is 10.8 Å². The first-order valence-corrected chi connectivity index (χ1v) is 5.34. The molecule has 0 aliphatic rings. The van der Waals surface area contributed by atoms with E-state index < -0.39 is 6.10 Å². The fourth-order valence-corrected chi connectivity index (χ4v) is 2.55. The molecule has 0 fully saturated rings. The Morgan fingerprint density at radius 2 is 2.36 bits per heavy atom. The minimum absolute atomic E-state index is 0.226. The first kappa shape index (κ1) is 9.64. The van der Waals surface area contributed by atoms with Gasteiger partial charge in [0.2, 0.25) is 0 Å². The molecule has 0 aliphatic heterocycles. The Balaban J connectivity index is 2.71. The van der Waals surface area contributed by atoms with Crippen LogP contribution in [0.5, 0.6) is 0 Å². The van der Waals surface area contributed by atoms with Crippen LogP contribution >= 0.6 is 11.3 Å². The largest absolute Gasteiger partial charge is 0.385 e. The second kappa shape index (κ2) is 3.34. The lowest BCUT2D eigenvalue weighted by molar-refractivity contribution is 0.180. The van der Waals surface area contributed by atoms with E-state index in [0.29, 0.717) is 0 Å². The number of fused-ring (bicyclic) bond motifs is 1. The molecule has 0 amide bonds. The lowest BCUT2D eigenvalue weighted by atomic mass is 10.2. The van der Waals surface area contributed by atoms with E-state index in [-0.39, 0.29) is 6.54 Å². The molecule has 2 aromatic heterocycles. The van der Waals surface area contributed by atoms with Gasteiger partial charge in [-0.2, -0.15) is 0 Å². The van der Waals surface area contributed by atoms with Crippen molar-refractivity contribution in [3.05, 3.63) is 22.5 Å². The van der Waals surface area contributed by atoms with E-state index in [9.17, 15) is 5.11 Å². The highest BCUT2D eigenvalue weighted by molar-refractivity contribution is 7.15. The Bertz CT molecular complexity index is 460. The van der Waals surface area contributed by atoms with Crippen molar-refractivity contribution in [2.45, 2.75) is 20.0 Å². The van der Waals surface area contributed by atoms with Crippen molar-refractivity contribution in [1.29, 1.82) is 0 Å². The number of hydrogen-bond donors (Lipinski definition) is 2. The van der Waals surface area contributed by atoms with Crippen LogP contribution in [0.15, 0.2) is 5.38 Å². The van der Waals surface area contributed by atoms with Crippen LogP contribution in [0, 0.1) is 13.8 Å². The fourth-order valence-electron chi connectivity index (χ4n) is 1.63. The highest BCUT2D eigenvalue weighted by Crippen LogP contribution is 2.24. The number of hydrogen-bond acceptors (Lipinski definition) is 4. The molecular formula is C9H13N3OS. The van der Waals surface area contributed by atoms with Gasteiger partial charge in [-0.05, 0) is 13.8 Å². The maximum atomic E-state index is 9.76. The maximum Gasteiger partial charge on any atom is 0.194 e. The number of aliphatic hydroxyl groups is 1. The molecular weight excluding hydrogens is 198 g/mol. The molecule has 4 nitrogen and oxygen atoms in total. The topological polar surface area (TPSA) is 63.5 Å². The molecule has 2 aromatic rings. The van der Waals surface area contributed by atoms with Gasteiger partial charge in [-0.25, -0.2) is 4.98 Å². The molecule has 14 heavy (non-hydrogen) atoms. The predicted octanol–water partition coefficient (Wildman–Crippen LogP) is 1.00. The molecule has 76 valence electrons. The zero-order valence-electron chi connectivity index (χ0n) is 8.19. The SMILES string of the molecule is Cc1nc2scc(C)n2c1C(O)CN. The zero-order valence-corrected chi connectivity index (χ0v) is 9.01. The van der Waals surface area contributed by atoms with Crippen molar-refractivity contribution in [3.8, 4) is 0 Å². The lowest BCUT2D eigenvalue weighted by Crippen LogP contribution is -2.14. The van der Waals surface area contributed by atoms with Crippen LogP contribution in [0.4, 0.5) is 0 Å². The molecule has 0 aromatic carbocycles. The molecule has 1 unspecified atom stereocenters. The summed E-state index contributed by atoms with van der Waals surface area (Å²) in [5.74, 6) is 0. The third-order valence-corrected chi connectivity index (χ3v) is 3.24. The third kappa shape index (κ3) is 1.25. The third-order valence-electron chi connectivity index (χ3n) is 2.29. The Labute approximate surface area is 86.0 Å². The van der Waals surface area contributed by atoms with Crippen molar-refractivity contribution in [3.63, 3.8) is 0 Å². The van der Waals surface area contributed by atoms with E-state index in [2.05, 4.69) is 4.98 Å². The second-order valence-corrected chi connectivity index (χ2v) is 4.17. The van der Waals surface area contributed by atoms with Crippen LogP contribution in [0.3, 0.4) is 0 Å². The van der Waals surface area contributed by atoms with E-state index in [4.69, 9.17) is 5.73 Å². The summed E-state index contributed by atoms with van der Waals surface area (Å²) in [6.07, 6.45) is -0.627. The summed E-state index contributed by atoms with van der Waals surface area (Å²) in [6, 6.07) is 0. The number of nitrogens with two attached hydrogens (primary N) is 1. The number of rotatable bonds is 2. The van der Waals surface area contributed by atoms with E-state index in [1.165, 1.54) is 0 Å². The van der Waals surface area contributed by atoms with Gasteiger partial charge in [-0.15, -0.1) is 11.3 Å². The Morgan fingerprint density at radius 3 is 3.00 bits per heavy atom. The minimum atomic E-state index is -0.627. The van der Waals surface area contributed by atoms with Crippen LogP contribution in [0.1, 0.15) is 23.2 Å². The number of aryl methyl sites for hydroxylation is 2. The van der Waals surface area contributed by atoms with Gasteiger partial charge >= 0.3 is 0 Å². The molecule has 2 heterocycles. The average Bonchev–Trinajstić information content (AvgIpc) is 2.65.